The number of amides is 1. The van der Waals surface area contributed by atoms with E-state index in [0.29, 0.717) is 18.7 Å². The van der Waals surface area contributed by atoms with Crippen LogP contribution in [0.4, 0.5) is 20.2 Å². The van der Waals surface area contributed by atoms with Gasteiger partial charge in [-0.05, 0) is 42.8 Å². The van der Waals surface area contributed by atoms with E-state index in [0.717, 1.165) is 6.42 Å². The van der Waals surface area contributed by atoms with Crippen molar-refractivity contribution in [2.75, 3.05) is 16.2 Å². The molecule has 0 saturated carbocycles. The number of para-hydroxylation sites is 2. The molecular weight excluding hydrogens is 366 g/mol. The zero-order valence-electron chi connectivity index (χ0n) is 13.6. The van der Waals surface area contributed by atoms with Crippen LogP contribution in [-0.4, -0.2) is 27.5 Å². The number of alkyl halides is 2. The van der Waals surface area contributed by atoms with Crippen LogP contribution in [0.2, 0.25) is 0 Å². The lowest BCUT2D eigenvalue weighted by molar-refractivity contribution is -0.117. The highest BCUT2D eigenvalue weighted by atomic mass is 32.2. The third kappa shape index (κ3) is 3.93. The molecule has 1 fully saturated rings. The van der Waals surface area contributed by atoms with Crippen molar-refractivity contribution < 1.29 is 26.7 Å². The van der Waals surface area contributed by atoms with E-state index in [4.69, 9.17) is 0 Å². The minimum atomic E-state index is -4.00. The predicted molar refractivity (Wildman–Crippen MR) is 91.9 cm³/mol. The molecule has 9 heteroatoms. The van der Waals surface area contributed by atoms with E-state index in [1.165, 1.54) is 36.4 Å². The summed E-state index contributed by atoms with van der Waals surface area (Å²) >= 11 is 0. The van der Waals surface area contributed by atoms with E-state index in [2.05, 4.69) is 9.46 Å². The predicted octanol–water partition coefficient (Wildman–Crippen LogP) is 3.22. The van der Waals surface area contributed by atoms with E-state index in [9.17, 15) is 22.0 Å². The highest BCUT2D eigenvalue weighted by Crippen LogP contribution is 2.29. The number of benzene rings is 2. The van der Waals surface area contributed by atoms with Crippen LogP contribution in [0.25, 0.3) is 0 Å². The van der Waals surface area contributed by atoms with Crippen molar-refractivity contribution >= 4 is 27.3 Å². The molecular formula is C17H16F2N2O4S. The van der Waals surface area contributed by atoms with Crippen LogP contribution < -0.4 is 14.4 Å². The van der Waals surface area contributed by atoms with E-state index in [1.54, 1.807) is 17.0 Å². The lowest BCUT2D eigenvalue weighted by Crippen LogP contribution is -2.23. The van der Waals surface area contributed by atoms with Gasteiger partial charge in [-0.15, -0.1) is 0 Å². The van der Waals surface area contributed by atoms with Gasteiger partial charge in [-0.3, -0.25) is 9.52 Å². The highest BCUT2D eigenvalue weighted by Gasteiger charge is 2.23. The van der Waals surface area contributed by atoms with E-state index < -0.39 is 16.6 Å². The van der Waals surface area contributed by atoms with Gasteiger partial charge in [-0.2, -0.15) is 8.78 Å². The number of anilines is 2. The molecule has 1 aliphatic heterocycles. The van der Waals surface area contributed by atoms with Crippen molar-refractivity contribution in [1.82, 2.24) is 0 Å². The first-order chi connectivity index (χ1) is 12.4. The van der Waals surface area contributed by atoms with Gasteiger partial charge < -0.3 is 9.64 Å². The van der Waals surface area contributed by atoms with E-state index in [1.807, 2.05) is 0 Å². The summed E-state index contributed by atoms with van der Waals surface area (Å²) < 4.78 is 56.5. The lowest BCUT2D eigenvalue weighted by Gasteiger charge is -2.16. The molecule has 0 aliphatic carbocycles. The van der Waals surface area contributed by atoms with Crippen LogP contribution in [-0.2, 0) is 14.8 Å². The smallest absolute Gasteiger partial charge is 0.387 e. The second-order valence-electron chi connectivity index (χ2n) is 5.62. The number of ether oxygens (including phenoxy) is 1. The highest BCUT2D eigenvalue weighted by molar-refractivity contribution is 7.92. The van der Waals surface area contributed by atoms with Gasteiger partial charge in [0.05, 0.1) is 10.6 Å². The third-order valence-electron chi connectivity index (χ3n) is 3.88. The summed E-state index contributed by atoms with van der Waals surface area (Å²) in [6.45, 7) is -2.47. The number of halogens is 2. The second kappa shape index (κ2) is 7.28. The first-order valence-corrected chi connectivity index (χ1v) is 9.32. The topological polar surface area (TPSA) is 75.7 Å². The van der Waals surface area contributed by atoms with E-state index >= 15 is 0 Å². The van der Waals surface area contributed by atoms with Crippen molar-refractivity contribution in [1.29, 1.82) is 0 Å². The number of hydrogen-bond donors (Lipinski definition) is 1. The zero-order valence-corrected chi connectivity index (χ0v) is 14.4. The molecule has 0 atom stereocenters. The SMILES string of the molecule is O=C1CCCN1c1ccc(S(=O)(=O)Nc2ccccc2OC(F)F)cc1. The average molecular weight is 382 g/mol. The van der Waals surface area contributed by atoms with Crippen LogP contribution >= 0.6 is 0 Å². The number of carbonyl (C=O) groups is 1. The Balaban J connectivity index is 1.82. The van der Waals surface area contributed by atoms with Crippen LogP contribution in [0.5, 0.6) is 5.75 Å². The maximum absolute atomic E-state index is 12.5. The Labute approximate surface area is 149 Å². The molecule has 1 saturated heterocycles. The first kappa shape index (κ1) is 18.1. The molecule has 6 nitrogen and oxygen atoms in total. The Morgan fingerprint density at radius 1 is 1.08 bits per heavy atom. The molecule has 0 unspecified atom stereocenters. The number of hydrogen-bond acceptors (Lipinski definition) is 4. The summed E-state index contributed by atoms with van der Waals surface area (Å²) in [5.74, 6) is -0.276. The summed E-state index contributed by atoms with van der Waals surface area (Å²) in [4.78, 5) is 13.3. The first-order valence-electron chi connectivity index (χ1n) is 7.84. The molecule has 1 heterocycles. The fourth-order valence-corrected chi connectivity index (χ4v) is 3.75. The van der Waals surface area contributed by atoms with E-state index in [-0.39, 0.29) is 22.2 Å². The van der Waals surface area contributed by atoms with Gasteiger partial charge in [-0.25, -0.2) is 8.42 Å². The molecule has 2 aromatic rings. The van der Waals surface area contributed by atoms with Crippen LogP contribution in [0.15, 0.2) is 53.4 Å². The van der Waals surface area contributed by atoms with Crippen LogP contribution in [0, 0.1) is 0 Å². The molecule has 138 valence electrons. The Bertz CT molecular complexity index is 901. The summed E-state index contributed by atoms with van der Waals surface area (Å²) in [6.07, 6.45) is 1.24. The van der Waals surface area contributed by atoms with Gasteiger partial charge in [0.15, 0.2) is 0 Å². The fourth-order valence-electron chi connectivity index (χ4n) is 2.68. The number of carbonyl (C=O) groups excluding carboxylic acids is 1. The molecule has 1 N–H and O–H groups in total. The Morgan fingerprint density at radius 2 is 1.77 bits per heavy atom. The third-order valence-corrected chi connectivity index (χ3v) is 5.26. The molecule has 0 aromatic heterocycles. The van der Waals surface area contributed by atoms with Gasteiger partial charge in [-0.1, -0.05) is 12.1 Å². The second-order valence-corrected chi connectivity index (χ2v) is 7.31. The number of rotatable bonds is 6. The van der Waals surface area contributed by atoms with Gasteiger partial charge >= 0.3 is 6.61 Å². The molecule has 3 rings (SSSR count). The standard InChI is InChI=1S/C17H16F2N2O4S/c18-17(19)25-15-5-2-1-4-14(15)20-26(23,24)13-9-7-12(8-10-13)21-11-3-6-16(21)22/h1-2,4-5,7-10,17,20H,3,6,11H2. The Morgan fingerprint density at radius 3 is 2.38 bits per heavy atom. The largest absolute Gasteiger partial charge is 0.433 e. The van der Waals surface area contributed by atoms with Gasteiger partial charge in [0.25, 0.3) is 10.0 Å². The summed E-state index contributed by atoms with van der Waals surface area (Å²) in [6, 6.07) is 11.3. The number of nitrogens with one attached hydrogen (secondary N) is 1. The summed E-state index contributed by atoms with van der Waals surface area (Å²) in [7, 11) is -4.00. The zero-order chi connectivity index (χ0) is 18.7. The molecule has 2 aromatic carbocycles. The van der Waals surface area contributed by atoms with Crippen molar-refractivity contribution in [3.05, 3.63) is 48.5 Å². The van der Waals surface area contributed by atoms with Crippen LogP contribution in [0.3, 0.4) is 0 Å². The monoisotopic (exact) mass is 382 g/mol. The van der Waals surface area contributed by atoms with Gasteiger partial charge in [0.1, 0.15) is 5.75 Å². The normalized spacial score (nSPS) is 14.7. The van der Waals surface area contributed by atoms with Crippen LogP contribution in [0.1, 0.15) is 12.8 Å². The molecule has 0 spiro atoms. The van der Waals surface area contributed by atoms with Crippen molar-refractivity contribution in [2.45, 2.75) is 24.3 Å². The van der Waals surface area contributed by atoms with Crippen molar-refractivity contribution in [2.24, 2.45) is 0 Å². The van der Waals surface area contributed by atoms with Crippen molar-refractivity contribution in [3.63, 3.8) is 0 Å². The Hall–Kier alpha value is -2.68. The molecule has 26 heavy (non-hydrogen) atoms. The Kier molecular flexibility index (Phi) is 5.08. The molecule has 0 bridgehead atoms. The minimum Gasteiger partial charge on any atom is -0.433 e. The lowest BCUT2D eigenvalue weighted by atomic mass is 10.3. The maximum Gasteiger partial charge on any atom is 0.387 e. The average Bonchev–Trinajstić information content (AvgIpc) is 3.02. The molecule has 1 aliphatic rings. The van der Waals surface area contributed by atoms with Crippen molar-refractivity contribution in [3.8, 4) is 5.75 Å². The molecule has 0 radical (unpaired) electrons. The maximum atomic E-state index is 12.5. The minimum absolute atomic E-state index is 0.00296. The van der Waals surface area contributed by atoms with Gasteiger partial charge in [0.2, 0.25) is 5.91 Å². The number of sulfonamides is 1. The summed E-state index contributed by atoms with van der Waals surface area (Å²) in [5.41, 5.74) is 0.527. The number of nitrogens with zero attached hydrogens (tertiary/aromatic N) is 1. The quantitative estimate of drug-likeness (QED) is 0.832. The van der Waals surface area contributed by atoms with Gasteiger partial charge in [0, 0.05) is 18.7 Å². The molecule has 1 amide bonds. The summed E-state index contributed by atoms with van der Waals surface area (Å²) in [5, 5.41) is 0. The fraction of sp³-hybridized carbons (Fsp3) is 0.235.